The molecule has 2 aromatic rings. The Morgan fingerprint density at radius 1 is 1.08 bits per heavy atom. The van der Waals surface area contributed by atoms with Crippen molar-refractivity contribution in [3.63, 3.8) is 0 Å². The van der Waals surface area contributed by atoms with Crippen LogP contribution in [0.2, 0.25) is 0 Å². The van der Waals surface area contributed by atoms with Crippen LogP contribution in [0.1, 0.15) is 55.7 Å². The Hall–Kier alpha value is -4.29. The van der Waals surface area contributed by atoms with Crippen LogP contribution in [0.3, 0.4) is 0 Å². The maximum Gasteiger partial charge on any atom is 0.287 e. The molecule has 13 nitrogen and oxygen atoms in total. The van der Waals surface area contributed by atoms with Crippen LogP contribution in [0, 0.1) is 12.8 Å². The molecule has 0 fully saturated rings. The van der Waals surface area contributed by atoms with Gasteiger partial charge in [0.2, 0.25) is 17.6 Å². The van der Waals surface area contributed by atoms with Crippen LogP contribution in [-0.2, 0) is 32.8 Å². The lowest BCUT2D eigenvalue weighted by atomic mass is 10.0. The van der Waals surface area contributed by atoms with Crippen molar-refractivity contribution < 1.29 is 24.0 Å². The summed E-state index contributed by atoms with van der Waals surface area (Å²) in [5.74, 6) is -2.96. The highest BCUT2D eigenvalue weighted by molar-refractivity contribution is 6.36. The number of ketones is 1. The van der Waals surface area contributed by atoms with Crippen LogP contribution in [0.4, 0.5) is 5.69 Å². The Bertz CT molecular complexity index is 1260. The van der Waals surface area contributed by atoms with Gasteiger partial charge in [0.25, 0.3) is 17.4 Å². The first-order valence-corrected chi connectivity index (χ1v) is 12.8. The zero-order valence-corrected chi connectivity index (χ0v) is 23.0. The van der Waals surface area contributed by atoms with E-state index in [1.54, 1.807) is 20.0 Å². The van der Waals surface area contributed by atoms with Crippen LogP contribution in [0.5, 0.6) is 0 Å². The van der Waals surface area contributed by atoms with Crippen molar-refractivity contribution in [2.24, 2.45) is 13.0 Å². The molecule has 0 bridgehead atoms. The molecule has 1 unspecified atom stereocenters. The highest BCUT2D eigenvalue weighted by atomic mass is 16.2. The Balaban J connectivity index is 2.22. The van der Waals surface area contributed by atoms with Gasteiger partial charge in [-0.25, -0.2) is 4.98 Å². The molecule has 0 spiro atoms. The number of hydrogen-bond acceptors (Lipinski definition) is 7. The summed E-state index contributed by atoms with van der Waals surface area (Å²) in [7, 11) is 2.91. The molecule has 0 aliphatic heterocycles. The number of nitrogens with zero attached hydrogens (tertiary/aromatic N) is 3. The molecule has 4 N–H and O–H groups in total. The summed E-state index contributed by atoms with van der Waals surface area (Å²) in [4.78, 5) is 79.1. The fourth-order valence-electron chi connectivity index (χ4n) is 3.82. The Kier molecular flexibility index (Phi) is 11.6. The SMILES string of the molecule is CCC(CC)CNC(=O)Cn1c(C)ccc(NC(=O)C(CCC(=O)C(=O)NC)NC(=O)c2cncn2C)c1=O. The minimum Gasteiger partial charge on any atom is -0.354 e. The summed E-state index contributed by atoms with van der Waals surface area (Å²) in [6.07, 6.45) is 4.05. The van der Waals surface area contributed by atoms with Gasteiger partial charge in [0.05, 0.1) is 12.5 Å². The number of carbonyl (C=O) groups excluding carboxylic acids is 5. The van der Waals surface area contributed by atoms with E-state index in [2.05, 4.69) is 26.3 Å². The van der Waals surface area contributed by atoms with Gasteiger partial charge in [0.1, 0.15) is 24.0 Å². The number of hydrogen-bond donors (Lipinski definition) is 4. The van der Waals surface area contributed by atoms with E-state index in [1.165, 1.54) is 34.8 Å². The number of pyridine rings is 1. The van der Waals surface area contributed by atoms with Crippen LogP contribution in [0.15, 0.2) is 29.5 Å². The molecule has 212 valence electrons. The van der Waals surface area contributed by atoms with Crippen LogP contribution in [0.25, 0.3) is 0 Å². The summed E-state index contributed by atoms with van der Waals surface area (Å²) >= 11 is 0. The van der Waals surface area contributed by atoms with Gasteiger partial charge >= 0.3 is 0 Å². The van der Waals surface area contributed by atoms with Crippen molar-refractivity contribution >= 4 is 35.1 Å². The van der Waals surface area contributed by atoms with E-state index in [9.17, 15) is 28.8 Å². The molecule has 4 amide bonds. The minimum atomic E-state index is -1.25. The molecule has 39 heavy (non-hydrogen) atoms. The number of imidazole rings is 1. The summed E-state index contributed by atoms with van der Waals surface area (Å²) in [6.45, 7) is 6.03. The molecular weight excluding hydrogens is 506 g/mol. The van der Waals surface area contributed by atoms with Crippen LogP contribution >= 0.6 is 0 Å². The molecule has 2 heterocycles. The number of nitrogens with one attached hydrogen (secondary N) is 4. The van der Waals surface area contributed by atoms with Crippen LogP contribution < -0.4 is 26.8 Å². The van der Waals surface area contributed by atoms with Crippen molar-refractivity contribution in [2.75, 3.05) is 18.9 Å². The summed E-state index contributed by atoms with van der Waals surface area (Å²) in [5.41, 5.74) is -0.00887. The Labute approximate surface area is 226 Å². The van der Waals surface area contributed by atoms with Gasteiger partial charge in [-0.3, -0.25) is 28.8 Å². The number of rotatable bonds is 14. The quantitative estimate of drug-likeness (QED) is 0.248. The molecule has 0 radical (unpaired) electrons. The average molecular weight is 544 g/mol. The molecule has 2 aromatic heterocycles. The Morgan fingerprint density at radius 2 is 1.77 bits per heavy atom. The number of aromatic nitrogens is 3. The fourth-order valence-corrected chi connectivity index (χ4v) is 3.82. The van der Waals surface area contributed by atoms with Crippen LogP contribution in [-0.4, -0.2) is 63.2 Å². The normalized spacial score (nSPS) is 11.5. The van der Waals surface area contributed by atoms with Gasteiger partial charge in [-0.15, -0.1) is 0 Å². The number of aryl methyl sites for hydroxylation is 2. The van der Waals surface area contributed by atoms with E-state index in [0.29, 0.717) is 18.2 Å². The standard InChI is InChI=1S/C26H37N7O6/c1-6-17(7-2)12-29-22(35)14-33-16(3)8-9-19(26(33)39)31-23(36)18(10-11-21(34)25(38)27-4)30-24(37)20-13-28-15-32(20)5/h8-9,13,15,17-18H,6-7,10-12,14H2,1-5H3,(H,27,38)(H,29,35)(H,30,37)(H,31,36). The first-order valence-electron chi connectivity index (χ1n) is 12.8. The van der Waals surface area contributed by atoms with Gasteiger partial charge in [-0.2, -0.15) is 0 Å². The lowest BCUT2D eigenvalue weighted by Gasteiger charge is -2.19. The number of likely N-dealkylation sites (N-methyl/N-ethyl adjacent to an activating group) is 1. The number of Topliss-reactive ketones (excluding diaryl/α,β-unsaturated/α-hetero) is 1. The largest absolute Gasteiger partial charge is 0.354 e. The predicted octanol–water partition coefficient (Wildman–Crippen LogP) is 0.275. The molecule has 0 aliphatic carbocycles. The van der Waals surface area contributed by atoms with Crippen molar-refractivity contribution in [3.8, 4) is 0 Å². The zero-order valence-electron chi connectivity index (χ0n) is 23.0. The fraction of sp³-hybridized carbons (Fsp3) is 0.500. The second kappa shape index (κ2) is 14.6. The molecular formula is C26H37N7O6. The van der Waals surface area contributed by atoms with E-state index in [0.717, 1.165) is 12.8 Å². The van der Waals surface area contributed by atoms with E-state index in [4.69, 9.17) is 0 Å². The molecule has 0 aromatic carbocycles. The van der Waals surface area contributed by atoms with E-state index >= 15 is 0 Å². The molecule has 1 atom stereocenters. The second-order valence-electron chi connectivity index (χ2n) is 9.21. The average Bonchev–Trinajstić information content (AvgIpc) is 3.36. The zero-order chi connectivity index (χ0) is 29.1. The smallest absolute Gasteiger partial charge is 0.287 e. The Morgan fingerprint density at radius 3 is 2.36 bits per heavy atom. The topological polar surface area (TPSA) is 173 Å². The third-order valence-electron chi connectivity index (χ3n) is 6.51. The van der Waals surface area contributed by atoms with Crippen molar-refractivity contribution in [3.05, 3.63) is 46.4 Å². The highest BCUT2D eigenvalue weighted by Gasteiger charge is 2.26. The van der Waals surface area contributed by atoms with Crippen molar-refractivity contribution in [1.29, 1.82) is 0 Å². The highest BCUT2D eigenvalue weighted by Crippen LogP contribution is 2.09. The maximum atomic E-state index is 13.2. The first kappa shape index (κ1) is 30.9. The molecule has 0 aliphatic rings. The van der Waals surface area contributed by atoms with Gasteiger partial charge in [0.15, 0.2) is 0 Å². The van der Waals surface area contributed by atoms with E-state index < -0.39 is 35.1 Å². The number of anilines is 1. The molecule has 2 rings (SSSR count). The second-order valence-corrected chi connectivity index (χ2v) is 9.21. The van der Waals surface area contributed by atoms with Crippen molar-refractivity contribution in [2.45, 2.75) is 59.0 Å². The van der Waals surface area contributed by atoms with Gasteiger partial charge in [-0.1, -0.05) is 26.7 Å². The number of carbonyl (C=O) groups is 5. The summed E-state index contributed by atoms with van der Waals surface area (Å²) in [6, 6.07) is 1.74. The van der Waals surface area contributed by atoms with Gasteiger partial charge < -0.3 is 30.4 Å². The van der Waals surface area contributed by atoms with E-state index in [-0.39, 0.29) is 36.7 Å². The summed E-state index contributed by atoms with van der Waals surface area (Å²) < 4.78 is 2.70. The van der Waals surface area contributed by atoms with Gasteiger partial charge in [0, 0.05) is 32.8 Å². The van der Waals surface area contributed by atoms with E-state index in [1.807, 2.05) is 13.8 Å². The lowest BCUT2D eigenvalue weighted by Crippen LogP contribution is -2.46. The first-order chi connectivity index (χ1) is 18.5. The number of amides is 4. The molecule has 13 heteroatoms. The monoisotopic (exact) mass is 543 g/mol. The molecule has 0 saturated carbocycles. The maximum absolute atomic E-state index is 13.2. The third-order valence-corrected chi connectivity index (χ3v) is 6.51. The van der Waals surface area contributed by atoms with Crippen molar-refractivity contribution in [1.82, 2.24) is 30.1 Å². The third kappa shape index (κ3) is 8.62. The summed E-state index contributed by atoms with van der Waals surface area (Å²) in [5, 5.41) is 10.1. The molecule has 0 saturated heterocycles. The predicted molar refractivity (Wildman–Crippen MR) is 144 cm³/mol. The van der Waals surface area contributed by atoms with Gasteiger partial charge in [-0.05, 0) is 31.4 Å². The lowest BCUT2D eigenvalue weighted by molar-refractivity contribution is -0.137. The minimum absolute atomic E-state index is 0.101.